The Labute approximate surface area is 599 Å². The van der Waals surface area contributed by atoms with Crippen molar-refractivity contribution in [3.63, 3.8) is 0 Å². The van der Waals surface area contributed by atoms with Crippen molar-refractivity contribution in [3.8, 4) is 0 Å². The molecule has 0 aromatic rings. The lowest BCUT2D eigenvalue weighted by Crippen LogP contribution is -2.30. The molecule has 0 aromatic heterocycles. The van der Waals surface area contributed by atoms with Crippen LogP contribution in [0, 0.1) is 0 Å². The van der Waals surface area contributed by atoms with Gasteiger partial charge in [0.05, 0.1) is 26.4 Å². The molecule has 5 atom stereocenters. The summed E-state index contributed by atoms with van der Waals surface area (Å²) in [6, 6.07) is 0. The fourth-order valence-electron chi connectivity index (χ4n) is 11.7. The van der Waals surface area contributed by atoms with Gasteiger partial charge in [0.1, 0.15) is 19.3 Å². The number of carbonyl (C=O) groups is 4. The van der Waals surface area contributed by atoms with Crippen LogP contribution in [0.25, 0.3) is 0 Å². The average molecular weight is 1430 g/mol. The highest BCUT2D eigenvalue weighted by Crippen LogP contribution is 2.45. The van der Waals surface area contributed by atoms with Gasteiger partial charge in [0.2, 0.25) is 0 Å². The maximum absolute atomic E-state index is 13.1. The number of allylic oxidation sites excluding steroid dienone is 4. The van der Waals surface area contributed by atoms with E-state index < -0.39 is 97.5 Å². The highest BCUT2D eigenvalue weighted by atomic mass is 31.2. The maximum Gasteiger partial charge on any atom is 0.472 e. The lowest BCUT2D eigenvalue weighted by atomic mass is 10.0. The maximum atomic E-state index is 13.1. The topological polar surface area (TPSA) is 237 Å². The third kappa shape index (κ3) is 71.9. The summed E-state index contributed by atoms with van der Waals surface area (Å²) in [6.45, 7) is 4.85. The predicted octanol–water partition coefficient (Wildman–Crippen LogP) is 23.3. The van der Waals surface area contributed by atoms with Gasteiger partial charge in [0, 0.05) is 25.7 Å². The van der Waals surface area contributed by atoms with E-state index in [0.29, 0.717) is 25.7 Å². The molecule has 0 rings (SSSR count). The second-order valence-electron chi connectivity index (χ2n) is 27.8. The van der Waals surface area contributed by atoms with E-state index in [1.165, 1.54) is 212 Å². The number of carbonyl (C=O) groups excluding carboxylic acids is 4. The number of aliphatic hydroxyl groups is 1. The second-order valence-corrected chi connectivity index (χ2v) is 30.7. The fourth-order valence-corrected chi connectivity index (χ4v) is 13.3. The van der Waals surface area contributed by atoms with Crippen LogP contribution in [0.2, 0.25) is 0 Å². The highest BCUT2D eigenvalue weighted by molar-refractivity contribution is 7.47. The SMILES string of the molecule is CCCCCC/C=C\C=C/CCCCCCCC(=O)O[C@H](COC(=O)CCCCCCC)COP(=O)(O)OC[C@H](O)COP(=O)(O)OC[C@@H](COC(=O)CCCCCCCCCCCCCCCCCCCC)OC(=O)CCCCCCCCCCCCCCCCCCCCCC. The lowest BCUT2D eigenvalue weighted by molar-refractivity contribution is -0.161. The summed E-state index contributed by atoms with van der Waals surface area (Å²) in [5.41, 5.74) is 0. The molecule has 3 N–H and O–H groups in total. The number of hydrogen-bond acceptors (Lipinski definition) is 15. The summed E-state index contributed by atoms with van der Waals surface area (Å²) in [5, 5.41) is 10.6. The van der Waals surface area contributed by atoms with Crippen LogP contribution in [0.3, 0.4) is 0 Å². The summed E-state index contributed by atoms with van der Waals surface area (Å²) in [5.74, 6) is -2.15. The van der Waals surface area contributed by atoms with Crippen LogP contribution in [0.5, 0.6) is 0 Å². The molecule has 0 radical (unpaired) electrons. The number of phosphoric ester groups is 2. The first kappa shape index (κ1) is 95.5. The molecule has 0 saturated carbocycles. The average Bonchev–Trinajstić information content (AvgIpc) is 1.14. The van der Waals surface area contributed by atoms with Crippen LogP contribution in [0.1, 0.15) is 400 Å². The molecule has 19 heteroatoms. The van der Waals surface area contributed by atoms with Crippen molar-refractivity contribution in [2.45, 2.75) is 418 Å². The minimum absolute atomic E-state index is 0.0847. The van der Waals surface area contributed by atoms with Crippen LogP contribution >= 0.6 is 15.6 Å². The molecule has 0 amide bonds. The molecule has 2 unspecified atom stereocenters. The van der Waals surface area contributed by atoms with Gasteiger partial charge in [0.25, 0.3) is 0 Å². The second kappa shape index (κ2) is 72.9. The summed E-state index contributed by atoms with van der Waals surface area (Å²) >= 11 is 0. The number of esters is 4. The Kier molecular flexibility index (Phi) is 71.0. The fraction of sp³-hybridized carbons (Fsp3) is 0.899. The van der Waals surface area contributed by atoms with Gasteiger partial charge in [-0.05, 0) is 51.4 Å². The van der Waals surface area contributed by atoms with E-state index in [1.807, 2.05) is 0 Å². The number of unbranched alkanes of at least 4 members (excludes halogenated alkanes) is 49. The predicted molar refractivity (Wildman–Crippen MR) is 400 cm³/mol. The van der Waals surface area contributed by atoms with Gasteiger partial charge >= 0.3 is 39.5 Å². The molecule has 0 fully saturated rings. The summed E-state index contributed by atoms with van der Waals surface area (Å²) in [6.07, 6.45) is 67.9. The monoisotopic (exact) mass is 1430 g/mol. The number of aliphatic hydroxyl groups excluding tert-OH is 1. The molecule has 98 heavy (non-hydrogen) atoms. The molecule has 0 aliphatic heterocycles. The van der Waals surface area contributed by atoms with E-state index in [-0.39, 0.29) is 25.7 Å². The van der Waals surface area contributed by atoms with E-state index in [9.17, 15) is 43.2 Å². The van der Waals surface area contributed by atoms with Crippen LogP contribution < -0.4 is 0 Å². The Morgan fingerprint density at radius 3 is 0.745 bits per heavy atom. The van der Waals surface area contributed by atoms with Crippen LogP contribution in [0.15, 0.2) is 24.3 Å². The van der Waals surface area contributed by atoms with Crippen molar-refractivity contribution < 1.29 is 80.2 Å². The smallest absolute Gasteiger partial charge is 0.462 e. The first-order valence-electron chi connectivity index (χ1n) is 40.6. The molecular weight excluding hydrogens is 1280 g/mol. The van der Waals surface area contributed by atoms with Gasteiger partial charge in [-0.1, -0.05) is 347 Å². The molecule has 578 valence electrons. The molecule has 0 aromatic carbocycles. The standard InChI is InChI=1S/C79H150O17P2/c1-5-9-13-17-20-23-26-29-32-34-36-37-39-42-45-48-51-54-58-62-66-79(84)96-75(70-90-77(82)64-60-56-52-49-46-43-41-38-35-33-30-27-24-21-18-14-10-6-2)72-94-98(87,88)92-68-73(80)67-91-97(85,86)93-71-74(69-89-76(81)63-59-55-16-12-8-4)95-78(83)65-61-57-53-50-47-44-40-31-28-25-22-19-15-11-7-3/h25,28,31,40,73-75,80H,5-24,26-27,29-30,32-39,41-72H2,1-4H3,(H,85,86)(H,87,88)/b28-25-,40-31-/t73-,74+,75+/m0/s1. The van der Waals surface area contributed by atoms with Crippen molar-refractivity contribution in [3.05, 3.63) is 24.3 Å². The first-order chi connectivity index (χ1) is 47.7. The van der Waals surface area contributed by atoms with Crippen molar-refractivity contribution >= 4 is 39.5 Å². The quantitative estimate of drug-likeness (QED) is 0.0169. The van der Waals surface area contributed by atoms with Gasteiger partial charge in [-0.15, -0.1) is 0 Å². The zero-order valence-electron chi connectivity index (χ0n) is 63.2. The Bertz CT molecular complexity index is 1950. The van der Waals surface area contributed by atoms with Crippen molar-refractivity contribution in [1.29, 1.82) is 0 Å². The minimum atomic E-state index is -4.96. The third-order valence-electron chi connectivity index (χ3n) is 18.0. The molecular formula is C79H150O17P2. The summed E-state index contributed by atoms with van der Waals surface area (Å²) in [7, 11) is -9.92. The minimum Gasteiger partial charge on any atom is -0.462 e. The van der Waals surface area contributed by atoms with Gasteiger partial charge < -0.3 is 33.8 Å². The van der Waals surface area contributed by atoms with Crippen molar-refractivity contribution in [2.24, 2.45) is 0 Å². The Morgan fingerprint density at radius 2 is 0.490 bits per heavy atom. The van der Waals surface area contributed by atoms with E-state index in [0.717, 1.165) is 109 Å². The van der Waals surface area contributed by atoms with Crippen molar-refractivity contribution in [1.82, 2.24) is 0 Å². The van der Waals surface area contributed by atoms with Crippen LogP contribution in [-0.4, -0.2) is 96.7 Å². The summed E-state index contributed by atoms with van der Waals surface area (Å²) in [4.78, 5) is 72.6. The highest BCUT2D eigenvalue weighted by Gasteiger charge is 2.30. The number of hydrogen-bond donors (Lipinski definition) is 3. The number of rotatable bonds is 78. The van der Waals surface area contributed by atoms with E-state index >= 15 is 0 Å². The molecule has 0 bridgehead atoms. The van der Waals surface area contributed by atoms with Crippen LogP contribution in [-0.2, 0) is 65.4 Å². The zero-order valence-corrected chi connectivity index (χ0v) is 65.0. The number of phosphoric acid groups is 2. The van der Waals surface area contributed by atoms with Crippen molar-refractivity contribution in [2.75, 3.05) is 39.6 Å². The van der Waals surface area contributed by atoms with E-state index in [2.05, 4.69) is 52.0 Å². The zero-order chi connectivity index (χ0) is 71.8. The van der Waals surface area contributed by atoms with Crippen LogP contribution in [0.4, 0.5) is 0 Å². The van der Waals surface area contributed by atoms with E-state index in [4.69, 9.17) is 37.0 Å². The summed E-state index contributed by atoms with van der Waals surface area (Å²) < 4.78 is 68.4. The third-order valence-corrected chi connectivity index (χ3v) is 19.9. The molecule has 0 heterocycles. The van der Waals surface area contributed by atoms with Gasteiger partial charge in [-0.2, -0.15) is 0 Å². The normalized spacial score (nSPS) is 14.0. The Morgan fingerprint density at radius 1 is 0.286 bits per heavy atom. The molecule has 0 aliphatic rings. The molecule has 0 aliphatic carbocycles. The largest absolute Gasteiger partial charge is 0.472 e. The molecule has 0 saturated heterocycles. The Balaban J connectivity index is 5.15. The van der Waals surface area contributed by atoms with Gasteiger partial charge in [-0.3, -0.25) is 37.3 Å². The van der Waals surface area contributed by atoms with E-state index in [1.54, 1.807) is 0 Å². The van der Waals surface area contributed by atoms with Gasteiger partial charge in [0.15, 0.2) is 12.2 Å². The molecule has 17 nitrogen and oxygen atoms in total. The number of ether oxygens (including phenoxy) is 4. The lowest BCUT2D eigenvalue weighted by Gasteiger charge is -2.21. The molecule has 0 spiro atoms. The first-order valence-corrected chi connectivity index (χ1v) is 43.6. The van der Waals surface area contributed by atoms with Gasteiger partial charge in [-0.25, -0.2) is 9.13 Å². The Hall–Kier alpha value is -2.46.